The van der Waals surface area contributed by atoms with E-state index in [9.17, 15) is 19.8 Å². The highest BCUT2D eigenvalue weighted by molar-refractivity contribution is 5.76. The van der Waals surface area contributed by atoms with Crippen LogP contribution in [-0.2, 0) is 14.3 Å². The third-order valence-corrected chi connectivity index (χ3v) is 12.7. The zero-order valence-electron chi connectivity index (χ0n) is 41.6. The van der Waals surface area contributed by atoms with Crippen LogP contribution in [-0.4, -0.2) is 47.4 Å². The van der Waals surface area contributed by atoms with Crippen LogP contribution in [0.2, 0.25) is 0 Å². The molecule has 0 aromatic heterocycles. The van der Waals surface area contributed by atoms with Gasteiger partial charge in [-0.05, 0) is 57.8 Å². The van der Waals surface area contributed by atoms with E-state index in [0.29, 0.717) is 19.4 Å². The van der Waals surface area contributed by atoms with Gasteiger partial charge in [0.05, 0.1) is 25.4 Å². The summed E-state index contributed by atoms with van der Waals surface area (Å²) in [6, 6.07) is -0.649. The van der Waals surface area contributed by atoms with Gasteiger partial charge in [0, 0.05) is 12.8 Å². The Balaban J connectivity index is 3.54. The van der Waals surface area contributed by atoms with E-state index in [2.05, 4.69) is 31.3 Å². The third kappa shape index (κ3) is 47.8. The number of carbonyl (C=O) groups is 2. The molecule has 0 aromatic rings. The quantitative estimate of drug-likeness (QED) is 0.0321. The molecule has 0 heterocycles. The number of hydrogen-bond donors (Lipinski definition) is 3. The molecule has 2 atom stereocenters. The molecular formula is C56H107NO5. The number of aliphatic hydroxyl groups excluding tert-OH is 2. The number of nitrogens with one attached hydrogen (secondary N) is 1. The summed E-state index contributed by atoms with van der Waals surface area (Å²) >= 11 is 0. The average Bonchev–Trinajstić information content (AvgIpc) is 3.27. The number of unbranched alkanes of at least 4 members (excludes halogenated alkanes) is 38. The summed E-state index contributed by atoms with van der Waals surface area (Å²) in [5.74, 6) is -0.127. The van der Waals surface area contributed by atoms with Crippen LogP contribution in [0.5, 0.6) is 0 Å². The van der Waals surface area contributed by atoms with E-state index < -0.39 is 12.1 Å². The lowest BCUT2D eigenvalue weighted by Crippen LogP contribution is -2.45. The molecule has 3 N–H and O–H groups in total. The zero-order valence-corrected chi connectivity index (χ0v) is 41.6. The van der Waals surface area contributed by atoms with Gasteiger partial charge in [0.1, 0.15) is 0 Å². The molecule has 0 rings (SSSR count). The van der Waals surface area contributed by atoms with Gasteiger partial charge in [-0.2, -0.15) is 0 Å². The predicted molar refractivity (Wildman–Crippen MR) is 269 cm³/mol. The van der Waals surface area contributed by atoms with Crippen molar-refractivity contribution >= 4 is 11.9 Å². The molecule has 0 bridgehead atoms. The second kappa shape index (κ2) is 52.0. The smallest absolute Gasteiger partial charge is 0.305 e. The van der Waals surface area contributed by atoms with Crippen LogP contribution < -0.4 is 5.32 Å². The second-order valence-corrected chi connectivity index (χ2v) is 18.9. The van der Waals surface area contributed by atoms with E-state index in [4.69, 9.17) is 4.74 Å². The minimum atomic E-state index is -0.863. The first-order valence-corrected chi connectivity index (χ1v) is 27.6. The van der Waals surface area contributed by atoms with Crippen molar-refractivity contribution in [1.29, 1.82) is 0 Å². The molecule has 0 saturated carbocycles. The number of hydrogen-bond acceptors (Lipinski definition) is 5. The molecule has 366 valence electrons. The van der Waals surface area contributed by atoms with Gasteiger partial charge in [0.25, 0.3) is 0 Å². The van der Waals surface area contributed by atoms with Crippen molar-refractivity contribution in [1.82, 2.24) is 5.32 Å². The van der Waals surface area contributed by atoms with E-state index in [1.165, 1.54) is 186 Å². The van der Waals surface area contributed by atoms with Gasteiger partial charge in [-0.25, -0.2) is 0 Å². The largest absolute Gasteiger partial charge is 0.466 e. The highest BCUT2D eigenvalue weighted by Crippen LogP contribution is 2.17. The summed E-state index contributed by atoms with van der Waals surface area (Å²) in [4.78, 5) is 24.5. The van der Waals surface area contributed by atoms with E-state index in [-0.39, 0.29) is 18.5 Å². The summed E-state index contributed by atoms with van der Waals surface area (Å²) in [7, 11) is 0. The van der Waals surface area contributed by atoms with E-state index in [0.717, 1.165) is 83.5 Å². The normalized spacial score (nSPS) is 12.8. The van der Waals surface area contributed by atoms with Crippen molar-refractivity contribution in [3.8, 4) is 0 Å². The highest BCUT2D eigenvalue weighted by Gasteiger charge is 2.18. The molecule has 62 heavy (non-hydrogen) atoms. The Morgan fingerprint density at radius 3 is 1.15 bits per heavy atom. The van der Waals surface area contributed by atoms with Crippen molar-refractivity contribution in [3.05, 3.63) is 24.3 Å². The lowest BCUT2D eigenvalue weighted by atomic mass is 10.0. The molecule has 2 unspecified atom stereocenters. The topological polar surface area (TPSA) is 95.9 Å². The number of ether oxygens (including phenoxy) is 1. The minimum Gasteiger partial charge on any atom is -0.466 e. The lowest BCUT2D eigenvalue weighted by Gasteiger charge is -2.20. The maximum absolute atomic E-state index is 12.5. The summed E-state index contributed by atoms with van der Waals surface area (Å²) in [6.07, 6.45) is 61.9. The van der Waals surface area contributed by atoms with Gasteiger partial charge in [-0.3, -0.25) is 9.59 Å². The first-order valence-electron chi connectivity index (χ1n) is 27.6. The molecule has 0 aliphatic heterocycles. The Morgan fingerprint density at radius 1 is 0.435 bits per heavy atom. The highest BCUT2D eigenvalue weighted by atomic mass is 16.5. The van der Waals surface area contributed by atoms with Crippen molar-refractivity contribution < 1.29 is 24.5 Å². The minimum absolute atomic E-state index is 0.0320. The van der Waals surface area contributed by atoms with Crippen LogP contribution >= 0.6 is 0 Å². The first kappa shape index (κ1) is 60.3. The SMILES string of the molecule is CCCCCCCCCCCCCCCCCCCCCC/C=C/C(O)C(CO)NC(=O)CCCCCCC/C=C\CCCCOC(=O)CCCCCCCCCCCCCC. The number of esters is 1. The van der Waals surface area contributed by atoms with Gasteiger partial charge in [-0.1, -0.05) is 250 Å². The summed E-state index contributed by atoms with van der Waals surface area (Å²) in [5.41, 5.74) is 0. The van der Waals surface area contributed by atoms with Gasteiger partial charge in [-0.15, -0.1) is 0 Å². The number of rotatable bonds is 51. The summed E-state index contributed by atoms with van der Waals surface area (Å²) < 4.78 is 5.43. The molecule has 0 aromatic carbocycles. The van der Waals surface area contributed by atoms with Gasteiger partial charge < -0.3 is 20.3 Å². The van der Waals surface area contributed by atoms with Crippen LogP contribution in [0.25, 0.3) is 0 Å². The van der Waals surface area contributed by atoms with E-state index in [1.54, 1.807) is 6.08 Å². The molecule has 0 spiro atoms. The lowest BCUT2D eigenvalue weighted by molar-refractivity contribution is -0.143. The van der Waals surface area contributed by atoms with Crippen molar-refractivity contribution in [2.75, 3.05) is 13.2 Å². The van der Waals surface area contributed by atoms with Crippen molar-refractivity contribution in [2.45, 2.75) is 309 Å². The monoisotopic (exact) mass is 874 g/mol. The third-order valence-electron chi connectivity index (χ3n) is 12.7. The molecule has 1 amide bonds. The molecule has 0 saturated heterocycles. The van der Waals surface area contributed by atoms with Crippen LogP contribution in [0.15, 0.2) is 24.3 Å². The predicted octanol–water partition coefficient (Wildman–Crippen LogP) is 16.7. The Bertz CT molecular complexity index is 966. The number of aliphatic hydroxyl groups is 2. The fraction of sp³-hybridized carbons (Fsp3) is 0.893. The maximum Gasteiger partial charge on any atom is 0.305 e. The molecule has 0 radical (unpaired) electrons. The maximum atomic E-state index is 12.5. The van der Waals surface area contributed by atoms with Crippen LogP contribution in [0.3, 0.4) is 0 Å². The average molecular weight is 874 g/mol. The zero-order chi connectivity index (χ0) is 45.1. The Hall–Kier alpha value is -1.66. The fourth-order valence-electron chi connectivity index (χ4n) is 8.45. The van der Waals surface area contributed by atoms with Gasteiger partial charge in [0.2, 0.25) is 5.91 Å². The standard InChI is InChI=1S/C56H107NO5/c1-3-5-7-9-11-13-15-17-18-19-20-21-22-23-24-25-26-28-32-36-40-44-48-54(59)53(52-58)57-55(60)49-45-41-37-33-29-27-31-35-39-43-47-51-62-56(61)50-46-42-38-34-30-16-14-12-10-8-6-4-2/h31,35,44,48,53-54,58-59H,3-30,32-34,36-43,45-47,49-52H2,1-2H3,(H,57,60)/b35-31-,48-44+. The van der Waals surface area contributed by atoms with Gasteiger partial charge in [0.15, 0.2) is 0 Å². The molecule has 0 fully saturated rings. The Labute approximate surface area is 386 Å². The molecule has 0 aliphatic rings. The van der Waals surface area contributed by atoms with E-state index >= 15 is 0 Å². The molecule has 6 nitrogen and oxygen atoms in total. The molecule has 6 heteroatoms. The fourth-order valence-corrected chi connectivity index (χ4v) is 8.45. The van der Waals surface area contributed by atoms with E-state index in [1.807, 2.05) is 6.08 Å². The van der Waals surface area contributed by atoms with Gasteiger partial charge >= 0.3 is 5.97 Å². The summed E-state index contributed by atoms with van der Waals surface area (Å²) in [6.45, 7) is 4.84. The van der Waals surface area contributed by atoms with Crippen LogP contribution in [0.4, 0.5) is 0 Å². The van der Waals surface area contributed by atoms with Crippen LogP contribution in [0.1, 0.15) is 296 Å². The van der Waals surface area contributed by atoms with Crippen molar-refractivity contribution in [3.63, 3.8) is 0 Å². The van der Waals surface area contributed by atoms with Crippen molar-refractivity contribution in [2.24, 2.45) is 0 Å². The number of allylic oxidation sites excluding steroid dienone is 3. The number of carbonyl (C=O) groups excluding carboxylic acids is 2. The Kier molecular flexibility index (Phi) is 50.6. The first-order chi connectivity index (χ1) is 30.5. The summed E-state index contributed by atoms with van der Waals surface area (Å²) in [5, 5.41) is 23.1. The molecular weight excluding hydrogens is 767 g/mol. The van der Waals surface area contributed by atoms with Crippen LogP contribution in [0, 0.1) is 0 Å². The second-order valence-electron chi connectivity index (χ2n) is 18.9. The Morgan fingerprint density at radius 2 is 0.758 bits per heavy atom. The molecule has 0 aliphatic carbocycles. The number of amides is 1.